The number of hydrogen-bond acceptors (Lipinski definition) is 1. The third kappa shape index (κ3) is 3.49. The molecule has 94 valence electrons. The average molecular weight is 359 g/mol. The van der Waals surface area contributed by atoms with Gasteiger partial charge < -0.3 is 0 Å². The van der Waals surface area contributed by atoms with Crippen molar-refractivity contribution < 1.29 is 8.78 Å². The smallest absolute Gasteiger partial charge is 0.182 e. The SMILES string of the molecule is NC1(F)C=C(/C=C/c2cc(I)ccc2F)C=CC1. The second kappa shape index (κ2) is 5.32. The summed E-state index contributed by atoms with van der Waals surface area (Å²) in [6, 6.07) is 4.83. The Labute approximate surface area is 118 Å². The molecule has 1 aliphatic rings. The quantitative estimate of drug-likeness (QED) is 0.628. The van der Waals surface area contributed by atoms with Crippen LogP contribution in [-0.4, -0.2) is 5.79 Å². The first-order valence-corrected chi connectivity index (χ1v) is 6.54. The molecule has 1 aromatic rings. The van der Waals surface area contributed by atoms with Crippen molar-refractivity contribution in [3.63, 3.8) is 0 Å². The second-order valence-corrected chi connectivity index (χ2v) is 5.42. The Balaban J connectivity index is 2.23. The number of hydrogen-bond donors (Lipinski definition) is 1. The van der Waals surface area contributed by atoms with Crippen LogP contribution in [0.5, 0.6) is 0 Å². The molecule has 18 heavy (non-hydrogen) atoms. The maximum Gasteiger partial charge on any atom is 0.182 e. The molecule has 0 spiro atoms. The Bertz CT molecular complexity index is 545. The van der Waals surface area contributed by atoms with E-state index in [-0.39, 0.29) is 12.2 Å². The number of allylic oxidation sites excluding steroid dienone is 3. The number of benzene rings is 1. The Kier molecular flexibility index (Phi) is 3.97. The molecule has 1 atom stereocenters. The third-order valence-electron chi connectivity index (χ3n) is 2.56. The maximum atomic E-state index is 13.5. The summed E-state index contributed by atoms with van der Waals surface area (Å²) in [7, 11) is 0. The molecule has 0 aromatic heterocycles. The molecular weight excluding hydrogens is 347 g/mol. The third-order valence-corrected chi connectivity index (χ3v) is 3.23. The summed E-state index contributed by atoms with van der Waals surface area (Å²) in [4.78, 5) is 0. The number of nitrogens with two attached hydrogens (primary N) is 1. The van der Waals surface area contributed by atoms with Gasteiger partial charge in [0, 0.05) is 15.6 Å². The van der Waals surface area contributed by atoms with E-state index in [4.69, 9.17) is 5.73 Å². The van der Waals surface area contributed by atoms with Crippen LogP contribution >= 0.6 is 22.6 Å². The van der Waals surface area contributed by atoms with E-state index in [9.17, 15) is 8.78 Å². The highest BCUT2D eigenvalue weighted by atomic mass is 127. The van der Waals surface area contributed by atoms with Gasteiger partial charge in [-0.1, -0.05) is 24.3 Å². The summed E-state index contributed by atoms with van der Waals surface area (Å²) in [6.07, 6.45) is 8.23. The van der Waals surface area contributed by atoms with Crippen molar-refractivity contribution >= 4 is 28.7 Å². The molecule has 1 aliphatic carbocycles. The lowest BCUT2D eigenvalue weighted by Crippen LogP contribution is -2.32. The van der Waals surface area contributed by atoms with Crippen molar-refractivity contribution in [2.45, 2.75) is 12.2 Å². The van der Waals surface area contributed by atoms with Crippen molar-refractivity contribution in [1.29, 1.82) is 0 Å². The number of halogens is 3. The predicted octanol–water partition coefficient (Wildman–Crippen LogP) is 3.95. The Morgan fingerprint density at radius 1 is 1.33 bits per heavy atom. The van der Waals surface area contributed by atoms with Gasteiger partial charge in [0.1, 0.15) is 5.82 Å². The molecule has 0 aliphatic heterocycles. The molecule has 0 saturated carbocycles. The van der Waals surface area contributed by atoms with E-state index in [1.54, 1.807) is 36.4 Å². The van der Waals surface area contributed by atoms with Crippen LogP contribution in [0.1, 0.15) is 12.0 Å². The van der Waals surface area contributed by atoms with Gasteiger partial charge in [-0.3, -0.25) is 5.73 Å². The lowest BCUT2D eigenvalue weighted by molar-refractivity contribution is 0.241. The van der Waals surface area contributed by atoms with Crippen LogP contribution in [0.25, 0.3) is 6.08 Å². The zero-order chi connectivity index (χ0) is 13.2. The molecule has 1 aromatic carbocycles. The van der Waals surface area contributed by atoms with E-state index in [0.717, 1.165) is 3.57 Å². The van der Waals surface area contributed by atoms with Crippen LogP contribution in [0.2, 0.25) is 0 Å². The van der Waals surface area contributed by atoms with E-state index in [0.29, 0.717) is 11.1 Å². The minimum Gasteiger partial charge on any atom is -0.296 e. The van der Waals surface area contributed by atoms with Gasteiger partial charge in [0.2, 0.25) is 0 Å². The molecule has 1 nitrogen and oxygen atoms in total. The molecule has 0 saturated heterocycles. The highest BCUT2D eigenvalue weighted by Crippen LogP contribution is 2.22. The van der Waals surface area contributed by atoms with Gasteiger partial charge in [0.05, 0.1) is 0 Å². The minimum absolute atomic E-state index is 0.169. The van der Waals surface area contributed by atoms with Crippen LogP contribution in [0.3, 0.4) is 0 Å². The zero-order valence-electron chi connectivity index (χ0n) is 9.54. The van der Waals surface area contributed by atoms with Gasteiger partial charge in [0.15, 0.2) is 5.79 Å². The number of rotatable bonds is 2. The van der Waals surface area contributed by atoms with Gasteiger partial charge >= 0.3 is 0 Å². The molecule has 0 radical (unpaired) electrons. The minimum atomic E-state index is -1.81. The Morgan fingerprint density at radius 3 is 2.83 bits per heavy atom. The fourth-order valence-corrected chi connectivity index (χ4v) is 2.21. The Hall–Kier alpha value is -1.01. The fraction of sp³-hybridized carbons (Fsp3) is 0.143. The second-order valence-electron chi connectivity index (χ2n) is 4.18. The summed E-state index contributed by atoms with van der Waals surface area (Å²) in [5.74, 6) is -2.11. The normalized spacial score (nSPS) is 23.4. The molecule has 0 fully saturated rings. The topological polar surface area (TPSA) is 26.0 Å². The highest BCUT2D eigenvalue weighted by Gasteiger charge is 2.21. The van der Waals surface area contributed by atoms with E-state index in [1.165, 1.54) is 12.1 Å². The largest absolute Gasteiger partial charge is 0.296 e. The molecule has 2 rings (SSSR count). The van der Waals surface area contributed by atoms with E-state index in [1.807, 2.05) is 0 Å². The van der Waals surface area contributed by atoms with Crippen molar-refractivity contribution in [2.75, 3.05) is 0 Å². The van der Waals surface area contributed by atoms with E-state index >= 15 is 0 Å². The summed E-state index contributed by atoms with van der Waals surface area (Å²) < 4.78 is 28.0. The van der Waals surface area contributed by atoms with Gasteiger partial charge in [-0.15, -0.1) is 0 Å². The monoisotopic (exact) mass is 359 g/mol. The first-order valence-electron chi connectivity index (χ1n) is 5.47. The summed E-state index contributed by atoms with van der Waals surface area (Å²) >= 11 is 2.11. The summed E-state index contributed by atoms with van der Waals surface area (Å²) in [5.41, 5.74) is 6.51. The fourth-order valence-electron chi connectivity index (χ4n) is 1.69. The van der Waals surface area contributed by atoms with Gasteiger partial charge in [0.25, 0.3) is 0 Å². The molecular formula is C14H12F2IN. The lowest BCUT2D eigenvalue weighted by Gasteiger charge is -2.17. The van der Waals surface area contributed by atoms with Crippen LogP contribution in [0, 0.1) is 9.39 Å². The van der Waals surface area contributed by atoms with E-state index < -0.39 is 5.79 Å². The van der Waals surface area contributed by atoms with Crippen LogP contribution in [-0.2, 0) is 0 Å². The molecule has 4 heteroatoms. The first-order chi connectivity index (χ1) is 8.46. The molecule has 1 unspecified atom stereocenters. The first kappa shape index (κ1) is 13.4. The average Bonchev–Trinajstić information content (AvgIpc) is 2.29. The predicted molar refractivity (Wildman–Crippen MR) is 78.0 cm³/mol. The standard InChI is InChI=1S/C14H12F2IN/c15-13-6-5-12(17)8-11(13)4-3-10-2-1-7-14(16,18)9-10/h1-6,8-9H,7,18H2/b4-3+. The van der Waals surface area contributed by atoms with Crippen molar-refractivity contribution in [1.82, 2.24) is 0 Å². The lowest BCUT2D eigenvalue weighted by atomic mass is 10.0. The Morgan fingerprint density at radius 2 is 2.11 bits per heavy atom. The van der Waals surface area contributed by atoms with Gasteiger partial charge in [-0.05, 0) is 52.4 Å². The maximum absolute atomic E-state index is 13.5. The van der Waals surface area contributed by atoms with Crippen LogP contribution in [0.4, 0.5) is 8.78 Å². The molecule has 0 bridgehead atoms. The molecule has 0 heterocycles. The van der Waals surface area contributed by atoms with E-state index in [2.05, 4.69) is 22.6 Å². The van der Waals surface area contributed by atoms with Crippen molar-refractivity contribution in [3.05, 3.63) is 63.0 Å². The van der Waals surface area contributed by atoms with Gasteiger partial charge in [-0.25, -0.2) is 8.78 Å². The van der Waals surface area contributed by atoms with Crippen molar-refractivity contribution in [3.8, 4) is 0 Å². The van der Waals surface area contributed by atoms with Crippen molar-refractivity contribution in [2.24, 2.45) is 5.73 Å². The molecule has 0 amide bonds. The summed E-state index contributed by atoms with van der Waals surface area (Å²) in [5, 5.41) is 0. The number of alkyl halides is 1. The highest BCUT2D eigenvalue weighted by molar-refractivity contribution is 14.1. The molecule has 2 N–H and O–H groups in total. The van der Waals surface area contributed by atoms with Gasteiger partial charge in [-0.2, -0.15) is 0 Å². The van der Waals surface area contributed by atoms with Crippen LogP contribution < -0.4 is 5.73 Å². The summed E-state index contributed by atoms with van der Waals surface area (Å²) in [6.45, 7) is 0. The van der Waals surface area contributed by atoms with Crippen LogP contribution in [0.15, 0.2) is 48.1 Å². The zero-order valence-corrected chi connectivity index (χ0v) is 11.7.